The van der Waals surface area contributed by atoms with Crippen LogP contribution in [0.5, 0.6) is 0 Å². The molecule has 0 saturated carbocycles. The molecule has 0 aliphatic rings. The number of hydrogen-bond acceptors (Lipinski definition) is 14. The predicted molar refractivity (Wildman–Crippen MR) is 180 cm³/mol. The van der Waals surface area contributed by atoms with Crippen LogP contribution in [-0.4, -0.2) is 140 Å². The maximum Gasteiger partial charge on any atom is 0.326 e. The summed E-state index contributed by atoms with van der Waals surface area (Å²) in [5, 5.41) is 49.7. The smallest absolute Gasteiger partial charge is 0.326 e. The van der Waals surface area contributed by atoms with Crippen LogP contribution in [0.1, 0.15) is 38.5 Å². The Morgan fingerprint density at radius 2 is 0.820 bits per heavy atom. The first-order valence-corrected chi connectivity index (χ1v) is 16.5. The van der Waals surface area contributed by atoms with Crippen molar-refractivity contribution >= 4 is 97.2 Å². The minimum atomic E-state index is -1.64. The van der Waals surface area contributed by atoms with E-state index in [4.69, 9.17) is 15.9 Å². The zero-order chi connectivity index (χ0) is 38.6. The Kier molecular flexibility index (Phi) is 21.9. The van der Waals surface area contributed by atoms with Gasteiger partial charge in [0.15, 0.2) is 0 Å². The lowest BCUT2D eigenvalue weighted by atomic mass is 10.1. The van der Waals surface area contributed by atoms with Gasteiger partial charge in [0.25, 0.3) is 0 Å². The summed E-state index contributed by atoms with van der Waals surface area (Å²) in [7, 11) is 0. The van der Waals surface area contributed by atoms with Crippen LogP contribution in [0.2, 0.25) is 0 Å². The van der Waals surface area contributed by atoms with Crippen LogP contribution < -0.4 is 37.6 Å². The molecule has 0 aliphatic heterocycles. The molecule has 0 rings (SSSR count). The van der Waals surface area contributed by atoms with Crippen molar-refractivity contribution in [2.75, 3.05) is 23.8 Å². The third-order valence-electron chi connectivity index (χ3n) is 6.47. The molecular weight excluding hydrogens is 731 g/mol. The number of nitrogens with two attached hydrogens (primary N) is 1. The standard InChI is InChI=1S/C26H41N7O14S3/c27-11(24(42)43)1-4-17(34)30-15(9-49)22(40)32-13(26(46)47)3-6-19(36)31-16(10-50)23(41)33-12(25(44)45)2-5-18(35)29-14(8-48)21(39)28-7-20(37)38/h11-16,48-50H,1-10,27H2,(H,28,39)(H,29,35)(H,30,34)(H,31,36)(H,32,40)(H,33,41)(H,37,38)(H,42,43)(H,44,45)(H,46,47)/t11-,12-,13-,14-,15-,16-/m0/s1. The van der Waals surface area contributed by atoms with Gasteiger partial charge in [-0.25, -0.2) is 9.59 Å². The Morgan fingerprint density at radius 1 is 0.480 bits per heavy atom. The average Bonchev–Trinajstić information content (AvgIpc) is 3.05. The van der Waals surface area contributed by atoms with Gasteiger partial charge in [-0.15, -0.1) is 0 Å². The lowest BCUT2D eigenvalue weighted by molar-refractivity contribution is -0.142. The normalized spacial score (nSPS) is 14.2. The van der Waals surface area contributed by atoms with Crippen molar-refractivity contribution < 1.29 is 68.4 Å². The topological polar surface area (TPSA) is 350 Å². The first-order valence-electron chi connectivity index (χ1n) is 14.6. The molecular formula is C26H41N7O14S3. The summed E-state index contributed by atoms with van der Waals surface area (Å²) in [6.07, 6.45) is -2.56. The number of carbonyl (C=O) groups is 10. The van der Waals surface area contributed by atoms with E-state index >= 15 is 0 Å². The van der Waals surface area contributed by atoms with Gasteiger partial charge in [0, 0.05) is 36.5 Å². The SMILES string of the molecule is N[C@@H](CCC(=O)N[C@@H](CS)C(=O)N[C@@H](CCC(=O)N[C@@H](CS)C(=O)N[C@@H](CCC(=O)N[C@@H](CS)C(=O)NCC(=O)O)C(=O)O)C(=O)O)C(=O)O. The van der Waals surface area contributed by atoms with Crippen LogP contribution in [0.3, 0.4) is 0 Å². The first-order chi connectivity index (χ1) is 23.4. The molecule has 282 valence electrons. The van der Waals surface area contributed by atoms with Gasteiger partial charge in [-0.2, -0.15) is 37.9 Å². The number of nitrogens with one attached hydrogen (secondary N) is 6. The van der Waals surface area contributed by atoms with Crippen molar-refractivity contribution in [1.82, 2.24) is 31.9 Å². The van der Waals surface area contributed by atoms with Gasteiger partial charge >= 0.3 is 23.9 Å². The Labute approximate surface area is 301 Å². The Hall–Kier alpha value is -4.29. The summed E-state index contributed by atoms with van der Waals surface area (Å²) in [5.74, 6) is -11.8. The highest BCUT2D eigenvalue weighted by Gasteiger charge is 2.29. The van der Waals surface area contributed by atoms with Crippen LogP contribution in [-0.2, 0) is 47.9 Å². The van der Waals surface area contributed by atoms with Gasteiger partial charge in [0.2, 0.25) is 35.4 Å². The van der Waals surface area contributed by atoms with E-state index in [-0.39, 0.29) is 30.1 Å². The number of thiol groups is 3. The molecule has 6 atom stereocenters. The molecule has 0 unspecified atom stereocenters. The zero-order valence-electron chi connectivity index (χ0n) is 26.3. The van der Waals surface area contributed by atoms with Crippen LogP contribution in [0.25, 0.3) is 0 Å². The maximum atomic E-state index is 12.7. The number of rotatable bonds is 25. The molecule has 12 N–H and O–H groups in total. The van der Waals surface area contributed by atoms with Crippen LogP contribution >= 0.6 is 37.9 Å². The van der Waals surface area contributed by atoms with Crippen molar-refractivity contribution in [1.29, 1.82) is 0 Å². The highest BCUT2D eigenvalue weighted by molar-refractivity contribution is 7.80. The Morgan fingerprint density at radius 3 is 1.12 bits per heavy atom. The number of hydrogen-bond donors (Lipinski definition) is 14. The van der Waals surface area contributed by atoms with E-state index in [1.165, 1.54) is 0 Å². The molecule has 0 radical (unpaired) electrons. The summed E-state index contributed by atoms with van der Waals surface area (Å²) in [4.78, 5) is 119. The molecule has 0 bridgehead atoms. The molecule has 0 aromatic rings. The van der Waals surface area contributed by atoms with Gasteiger partial charge in [-0.3, -0.25) is 38.4 Å². The highest BCUT2D eigenvalue weighted by atomic mass is 32.1. The lowest BCUT2D eigenvalue weighted by Gasteiger charge is -2.22. The monoisotopic (exact) mass is 771 g/mol. The van der Waals surface area contributed by atoms with Crippen LogP contribution in [0, 0.1) is 0 Å². The van der Waals surface area contributed by atoms with Gasteiger partial charge in [-0.05, 0) is 19.3 Å². The lowest BCUT2D eigenvalue weighted by Crippen LogP contribution is -2.54. The summed E-state index contributed by atoms with van der Waals surface area (Å²) in [6, 6.07) is -8.55. The molecule has 50 heavy (non-hydrogen) atoms. The van der Waals surface area contributed by atoms with Crippen molar-refractivity contribution in [3.8, 4) is 0 Å². The van der Waals surface area contributed by atoms with Crippen LogP contribution in [0.15, 0.2) is 0 Å². The molecule has 0 aromatic carbocycles. The quantitative estimate of drug-likeness (QED) is 0.0388. The molecule has 0 aromatic heterocycles. The number of carboxylic acid groups (broad SMARTS) is 4. The molecule has 24 heteroatoms. The molecule has 6 amide bonds. The number of carboxylic acids is 4. The van der Waals surface area contributed by atoms with Gasteiger partial charge < -0.3 is 58.1 Å². The Balaban J connectivity index is 5.12. The van der Waals surface area contributed by atoms with Crippen molar-refractivity contribution in [3.05, 3.63) is 0 Å². The third-order valence-corrected chi connectivity index (χ3v) is 7.56. The molecule has 0 saturated heterocycles. The molecule has 0 fully saturated rings. The fraction of sp³-hybridized carbons (Fsp3) is 0.615. The van der Waals surface area contributed by atoms with E-state index in [0.29, 0.717) is 0 Å². The van der Waals surface area contributed by atoms with E-state index in [9.17, 15) is 58.2 Å². The summed E-state index contributed by atoms with van der Waals surface area (Å²) >= 11 is 11.8. The first kappa shape index (κ1) is 45.7. The second kappa shape index (κ2) is 24.0. The molecule has 0 heterocycles. The molecule has 0 spiro atoms. The van der Waals surface area contributed by atoms with E-state index < -0.39 is 128 Å². The second-order valence-corrected chi connectivity index (χ2v) is 11.5. The third kappa shape index (κ3) is 18.5. The van der Waals surface area contributed by atoms with Gasteiger partial charge in [0.1, 0.15) is 42.8 Å². The van der Waals surface area contributed by atoms with Crippen molar-refractivity contribution in [3.63, 3.8) is 0 Å². The average molecular weight is 772 g/mol. The van der Waals surface area contributed by atoms with Gasteiger partial charge in [0.05, 0.1) is 0 Å². The minimum Gasteiger partial charge on any atom is -0.480 e. The van der Waals surface area contributed by atoms with E-state index in [1.54, 1.807) is 0 Å². The molecule has 21 nitrogen and oxygen atoms in total. The number of carbonyl (C=O) groups excluding carboxylic acids is 6. The zero-order valence-corrected chi connectivity index (χ0v) is 29.0. The largest absolute Gasteiger partial charge is 0.480 e. The van der Waals surface area contributed by atoms with E-state index in [0.717, 1.165) is 0 Å². The van der Waals surface area contributed by atoms with Crippen molar-refractivity contribution in [2.24, 2.45) is 5.73 Å². The minimum absolute atomic E-state index is 0.207. The summed E-state index contributed by atoms with van der Waals surface area (Å²) in [6.45, 7) is -0.708. The van der Waals surface area contributed by atoms with Gasteiger partial charge in [-0.1, -0.05) is 0 Å². The summed E-state index contributed by atoms with van der Waals surface area (Å²) < 4.78 is 0. The predicted octanol–water partition coefficient (Wildman–Crippen LogP) is -4.68. The fourth-order valence-electron chi connectivity index (χ4n) is 3.69. The maximum absolute atomic E-state index is 12.7. The number of amides is 6. The Bertz CT molecular complexity index is 1270. The van der Waals surface area contributed by atoms with E-state index in [1.807, 2.05) is 0 Å². The van der Waals surface area contributed by atoms with Crippen LogP contribution in [0.4, 0.5) is 0 Å². The highest BCUT2D eigenvalue weighted by Crippen LogP contribution is 2.05. The summed E-state index contributed by atoms with van der Waals surface area (Å²) in [5.41, 5.74) is 5.33. The number of aliphatic carboxylic acids is 4. The van der Waals surface area contributed by atoms with E-state index in [2.05, 4.69) is 69.8 Å². The van der Waals surface area contributed by atoms with Crippen molar-refractivity contribution in [2.45, 2.75) is 74.8 Å². The molecule has 0 aliphatic carbocycles. The fourth-order valence-corrected chi connectivity index (χ4v) is 4.46. The second-order valence-electron chi connectivity index (χ2n) is 10.4.